The summed E-state index contributed by atoms with van der Waals surface area (Å²) < 4.78 is 0. The number of carboxylic acid groups (broad SMARTS) is 1. The number of aldehydes is 1. The van der Waals surface area contributed by atoms with E-state index < -0.39 is 83.6 Å². The fourth-order valence-electron chi connectivity index (χ4n) is 7.08. The Morgan fingerprint density at radius 3 is 1.78 bits per heavy atom. The van der Waals surface area contributed by atoms with Crippen LogP contribution in [0.15, 0.2) is 60.8 Å². The van der Waals surface area contributed by atoms with Gasteiger partial charge in [-0.1, -0.05) is 48.5 Å². The Labute approximate surface area is 393 Å². The lowest BCUT2D eigenvalue weighted by molar-refractivity contribution is -0.142. The molecule has 0 radical (unpaired) electrons. The summed E-state index contributed by atoms with van der Waals surface area (Å²) in [7, 11) is 1.72. The largest absolute Gasteiger partial charge is 0.480 e. The van der Waals surface area contributed by atoms with Crippen LogP contribution in [0.3, 0.4) is 0 Å². The van der Waals surface area contributed by atoms with E-state index in [2.05, 4.69) is 52.8 Å². The molecular weight excluding hydrogens is 883 g/mol. The van der Waals surface area contributed by atoms with E-state index in [1.807, 2.05) is 6.07 Å². The molecule has 7 amide bonds. The van der Waals surface area contributed by atoms with Crippen LogP contribution in [0.2, 0.25) is 0 Å². The SMILES string of the molecule is CNCCCC(NC(=O)CNC(C)=O)C(=O)N[C@@H](CCN)C(=O)NC(Cc1ccccc1)C(=O)N[C@@H](CCCNC(=N)N)C(=O)N[C@@H](Cc1c[nH]c2ccccc12)C(=O)NC(CCC=O)C(=O)O. The number of aromatic nitrogens is 1. The first-order chi connectivity index (χ1) is 32.6. The quantitative estimate of drug-likeness (QED) is 0.0139. The van der Waals surface area contributed by atoms with Crippen LogP contribution in [0.4, 0.5) is 0 Å². The zero-order valence-electron chi connectivity index (χ0n) is 38.3. The van der Waals surface area contributed by atoms with Crippen molar-refractivity contribution in [2.24, 2.45) is 11.5 Å². The summed E-state index contributed by atoms with van der Waals surface area (Å²) in [5, 5.41) is 41.8. The standard InChI is InChI=1S/C45H65N13O10/c1-27(60)51-26-38(61)53-32(15-8-20-49-2)39(62)55-34(18-19-46)41(64)57-36(23-28-11-4-3-5-12-28)42(65)54-33(16-9-21-50-45(47)48)40(63)58-37(43(66)56-35(44(67)68)17-10-22-59)24-29-25-52-31-14-7-6-13-30(29)31/h3-7,11-14,22,25,32-37,49,52H,8-10,15-21,23-24,26,46H2,1-2H3,(H,51,60)(H,53,61)(H,54,65)(H,55,62)(H,56,66)(H,57,64)(H,58,63)(H,67,68)(H4,47,48,50)/t32?,33-,34-,35?,36?,37-/m0/s1. The highest BCUT2D eigenvalue weighted by molar-refractivity contribution is 5.97. The number of aliphatic carboxylic acids is 1. The van der Waals surface area contributed by atoms with Gasteiger partial charge in [0.2, 0.25) is 41.4 Å². The van der Waals surface area contributed by atoms with Gasteiger partial charge in [-0.25, -0.2) is 4.79 Å². The molecule has 68 heavy (non-hydrogen) atoms. The molecule has 0 aliphatic carbocycles. The molecule has 3 aromatic rings. The summed E-state index contributed by atoms with van der Waals surface area (Å²) in [6, 6.07) is 7.84. The van der Waals surface area contributed by atoms with Crippen molar-refractivity contribution in [2.75, 3.05) is 33.2 Å². The molecule has 0 saturated heterocycles. The van der Waals surface area contributed by atoms with Crippen LogP contribution in [0, 0.1) is 5.41 Å². The number of H-pyrrole nitrogens is 1. The maximum Gasteiger partial charge on any atom is 0.326 e. The molecule has 0 spiro atoms. The summed E-state index contributed by atoms with van der Waals surface area (Å²) in [5.74, 6) is -6.87. The van der Waals surface area contributed by atoms with E-state index in [-0.39, 0.29) is 77.0 Å². The molecule has 0 bridgehead atoms. The Balaban J connectivity index is 1.95. The van der Waals surface area contributed by atoms with Gasteiger partial charge in [0.05, 0.1) is 6.54 Å². The second-order valence-electron chi connectivity index (χ2n) is 16.0. The summed E-state index contributed by atoms with van der Waals surface area (Å²) in [5.41, 5.74) is 13.3. The molecule has 370 valence electrons. The normalized spacial score (nSPS) is 13.5. The van der Waals surface area contributed by atoms with Crippen molar-refractivity contribution in [2.45, 2.75) is 101 Å². The first-order valence-corrected chi connectivity index (χ1v) is 22.3. The first-order valence-electron chi connectivity index (χ1n) is 22.3. The molecule has 2 aromatic carbocycles. The smallest absolute Gasteiger partial charge is 0.326 e. The van der Waals surface area contributed by atoms with E-state index in [0.29, 0.717) is 30.4 Å². The third-order valence-electron chi connectivity index (χ3n) is 10.6. The number of guanidine groups is 1. The second kappa shape index (κ2) is 29.3. The van der Waals surface area contributed by atoms with Crippen molar-refractivity contribution in [1.29, 1.82) is 5.41 Å². The van der Waals surface area contributed by atoms with E-state index in [1.54, 1.807) is 61.8 Å². The number of para-hydroxylation sites is 1. The summed E-state index contributed by atoms with van der Waals surface area (Å²) in [4.78, 5) is 121. The second-order valence-corrected chi connectivity index (χ2v) is 16.0. The zero-order valence-corrected chi connectivity index (χ0v) is 38.3. The Bertz CT molecular complexity index is 2190. The van der Waals surface area contributed by atoms with E-state index in [0.717, 1.165) is 10.9 Å². The highest BCUT2D eigenvalue weighted by atomic mass is 16.4. The van der Waals surface area contributed by atoms with Crippen LogP contribution in [0.5, 0.6) is 0 Å². The summed E-state index contributed by atoms with van der Waals surface area (Å²) in [6.45, 7) is 1.40. The monoisotopic (exact) mass is 947 g/mol. The fraction of sp³-hybridized carbons (Fsp3) is 0.467. The highest BCUT2D eigenvalue weighted by Crippen LogP contribution is 2.20. The number of rotatable bonds is 31. The lowest BCUT2D eigenvalue weighted by atomic mass is 10.0. The van der Waals surface area contributed by atoms with Gasteiger partial charge in [-0.3, -0.25) is 39.0 Å². The molecule has 23 nitrogen and oxygen atoms in total. The fourth-order valence-corrected chi connectivity index (χ4v) is 7.08. The molecule has 1 heterocycles. The van der Waals surface area contributed by atoms with Crippen LogP contribution in [-0.2, 0) is 56.0 Å². The van der Waals surface area contributed by atoms with E-state index in [4.69, 9.17) is 16.9 Å². The number of carbonyl (C=O) groups excluding carboxylic acids is 8. The van der Waals surface area contributed by atoms with E-state index in [1.165, 1.54) is 6.92 Å². The third kappa shape index (κ3) is 19.2. The van der Waals surface area contributed by atoms with Crippen molar-refractivity contribution in [3.05, 3.63) is 71.9 Å². The van der Waals surface area contributed by atoms with Gasteiger partial charge in [-0.2, -0.15) is 0 Å². The lowest BCUT2D eigenvalue weighted by Gasteiger charge is -2.28. The van der Waals surface area contributed by atoms with Gasteiger partial charge in [0.15, 0.2) is 5.96 Å². The van der Waals surface area contributed by atoms with Crippen molar-refractivity contribution in [3.63, 3.8) is 0 Å². The van der Waals surface area contributed by atoms with Gasteiger partial charge in [-0.05, 0) is 75.9 Å². The van der Waals surface area contributed by atoms with Crippen LogP contribution < -0.4 is 59.3 Å². The number of hydrogen-bond donors (Lipinski definition) is 14. The average molecular weight is 948 g/mol. The van der Waals surface area contributed by atoms with Gasteiger partial charge in [0.25, 0.3) is 0 Å². The Morgan fingerprint density at radius 1 is 0.676 bits per heavy atom. The Hall–Kier alpha value is -7.40. The highest BCUT2D eigenvalue weighted by Gasteiger charge is 2.34. The molecule has 1 aromatic heterocycles. The van der Waals surface area contributed by atoms with Crippen molar-refractivity contribution in [1.82, 2.24) is 52.8 Å². The van der Waals surface area contributed by atoms with Crippen molar-refractivity contribution in [3.8, 4) is 0 Å². The van der Waals surface area contributed by atoms with Gasteiger partial charge in [0, 0.05) is 49.8 Å². The number of benzene rings is 2. The molecule has 6 atom stereocenters. The van der Waals surface area contributed by atoms with Crippen LogP contribution in [-0.4, -0.2) is 139 Å². The maximum atomic E-state index is 14.4. The van der Waals surface area contributed by atoms with E-state index >= 15 is 0 Å². The molecule has 16 N–H and O–H groups in total. The number of aromatic amines is 1. The maximum absolute atomic E-state index is 14.4. The van der Waals surface area contributed by atoms with Crippen LogP contribution >= 0.6 is 0 Å². The number of amides is 7. The molecule has 3 rings (SSSR count). The minimum Gasteiger partial charge on any atom is -0.480 e. The third-order valence-corrected chi connectivity index (χ3v) is 10.6. The molecular formula is C45H65N13O10. The van der Waals surface area contributed by atoms with Gasteiger partial charge in [0.1, 0.15) is 42.5 Å². The number of carboxylic acids is 1. The van der Waals surface area contributed by atoms with Gasteiger partial charge in [-0.15, -0.1) is 0 Å². The summed E-state index contributed by atoms with van der Waals surface area (Å²) >= 11 is 0. The van der Waals surface area contributed by atoms with E-state index in [9.17, 15) is 48.3 Å². The average Bonchev–Trinajstić information content (AvgIpc) is 3.72. The number of carbonyl (C=O) groups is 9. The topological polar surface area (TPSA) is 374 Å². The van der Waals surface area contributed by atoms with Crippen LogP contribution in [0.1, 0.15) is 63.0 Å². The number of nitrogens with two attached hydrogens (primary N) is 2. The van der Waals surface area contributed by atoms with Crippen molar-refractivity contribution < 1.29 is 48.3 Å². The minimum atomic E-state index is -1.46. The van der Waals surface area contributed by atoms with Gasteiger partial charge < -0.3 is 74.2 Å². The Kier molecular flexibility index (Phi) is 23.7. The molecule has 3 unspecified atom stereocenters. The Morgan fingerprint density at radius 2 is 1.21 bits per heavy atom. The van der Waals surface area contributed by atoms with Gasteiger partial charge >= 0.3 is 5.97 Å². The van der Waals surface area contributed by atoms with Crippen LogP contribution in [0.25, 0.3) is 10.9 Å². The molecule has 23 heteroatoms. The zero-order chi connectivity index (χ0) is 50.0. The molecule has 0 aliphatic rings. The molecule has 0 aliphatic heterocycles. The first kappa shape index (κ1) is 54.9. The number of fused-ring (bicyclic) bond motifs is 1. The predicted octanol–water partition coefficient (Wildman–Crippen LogP) is -2.33. The minimum absolute atomic E-state index is 0.0681. The molecule has 0 fully saturated rings. The molecule has 0 saturated carbocycles. The number of nitrogens with one attached hydrogen (secondary N) is 11. The number of hydrogen-bond acceptors (Lipinski definition) is 12. The predicted molar refractivity (Wildman–Crippen MR) is 251 cm³/mol. The lowest BCUT2D eigenvalue weighted by Crippen LogP contribution is -2.60. The van der Waals surface area contributed by atoms with Crippen molar-refractivity contribution >= 4 is 70.5 Å². The summed E-state index contributed by atoms with van der Waals surface area (Å²) in [6.07, 6.45) is 2.24.